The summed E-state index contributed by atoms with van der Waals surface area (Å²) in [6.45, 7) is 2.00. The van der Waals surface area contributed by atoms with Gasteiger partial charge in [-0.05, 0) is 25.1 Å². The van der Waals surface area contributed by atoms with Crippen LogP contribution in [0.1, 0.15) is 16.2 Å². The molecular weight excluding hydrogens is 240 g/mol. The molecule has 3 rings (SSSR count). The molecule has 4 nitrogen and oxygen atoms in total. The number of carboxylic acid groups (broad SMARTS) is 1. The highest BCUT2D eigenvalue weighted by Crippen LogP contribution is 2.25. The van der Waals surface area contributed by atoms with E-state index < -0.39 is 5.97 Å². The van der Waals surface area contributed by atoms with E-state index in [9.17, 15) is 9.90 Å². The van der Waals surface area contributed by atoms with Crippen LogP contribution in [0.15, 0.2) is 48.7 Å². The molecule has 0 aliphatic carbocycles. The third kappa shape index (κ3) is 1.87. The predicted octanol–water partition coefficient (Wildman–Crippen LogP) is 3.01. The molecule has 0 bridgehead atoms. The van der Waals surface area contributed by atoms with Crippen molar-refractivity contribution in [2.75, 3.05) is 0 Å². The first-order valence-corrected chi connectivity index (χ1v) is 5.94. The van der Waals surface area contributed by atoms with Crippen molar-refractivity contribution in [1.29, 1.82) is 0 Å². The molecule has 2 heterocycles. The fraction of sp³-hybridized carbons (Fsp3) is 0.0667. The molecule has 0 spiro atoms. The highest BCUT2D eigenvalue weighted by Gasteiger charge is 2.16. The number of fused-ring (bicyclic) bond motifs is 1. The number of nitrogens with zero attached hydrogens (tertiary/aromatic N) is 2. The summed E-state index contributed by atoms with van der Waals surface area (Å²) in [6.07, 6.45) is 1.71. The van der Waals surface area contributed by atoms with Crippen LogP contribution in [0.25, 0.3) is 16.8 Å². The van der Waals surface area contributed by atoms with Gasteiger partial charge >= 0.3 is 5.97 Å². The minimum atomic E-state index is -1.03. The second-order valence-corrected chi connectivity index (χ2v) is 4.41. The number of aryl methyl sites for hydroxylation is 1. The second-order valence-electron chi connectivity index (χ2n) is 4.41. The third-order valence-electron chi connectivity index (χ3n) is 3.03. The van der Waals surface area contributed by atoms with Crippen LogP contribution in [0.4, 0.5) is 0 Å². The smallest absolute Gasteiger partial charge is 0.372 e. The van der Waals surface area contributed by atoms with E-state index in [1.54, 1.807) is 16.7 Å². The topological polar surface area (TPSA) is 54.6 Å². The summed E-state index contributed by atoms with van der Waals surface area (Å²) >= 11 is 0. The van der Waals surface area contributed by atoms with Gasteiger partial charge < -0.3 is 5.11 Å². The second kappa shape index (κ2) is 4.24. The molecule has 0 saturated carbocycles. The van der Waals surface area contributed by atoms with E-state index in [0.29, 0.717) is 5.69 Å². The van der Waals surface area contributed by atoms with Crippen LogP contribution in [-0.2, 0) is 0 Å². The molecule has 1 aromatic carbocycles. The van der Waals surface area contributed by atoms with Crippen molar-refractivity contribution >= 4 is 11.5 Å². The Labute approximate surface area is 110 Å². The maximum atomic E-state index is 11.2. The number of carbonyl (C=O) groups is 1. The fourth-order valence-corrected chi connectivity index (χ4v) is 2.19. The number of hydrogen-bond donors (Lipinski definition) is 1. The highest BCUT2D eigenvalue weighted by molar-refractivity contribution is 5.89. The first-order chi connectivity index (χ1) is 9.16. The van der Waals surface area contributed by atoms with Gasteiger partial charge in [-0.15, -0.1) is 0 Å². The number of rotatable bonds is 2. The van der Waals surface area contributed by atoms with E-state index in [1.807, 2.05) is 43.3 Å². The zero-order valence-corrected chi connectivity index (χ0v) is 10.4. The van der Waals surface area contributed by atoms with Gasteiger partial charge in [0.15, 0.2) is 0 Å². The molecule has 0 aliphatic rings. The number of aromatic nitrogens is 2. The van der Waals surface area contributed by atoms with Gasteiger partial charge in [0, 0.05) is 11.8 Å². The number of aromatic carboxylic acids is 1. The van der Waals surface area contributed by atoms with Gasteiger partial charge in [0.05, 0.1) is 11.2 Å². The van der Waals surface area contributed by atoms with E-state index in [1.165, 1.54) is 0 Å². The Balaban J connectivity index is 2.33. The standard InChI is InChI=1S/C15H12N2O2/c1-10-5-4-6-11(9-10)13-12-7-2-3-8-17(12)14(16-13)15(18)19/h2-9H,1H3,(H,18,19). The van der Waals surface area contributed by atoms with Gasteiger partial charge in [0.25, 0.3) is 0 Å². The zero-order chi connectivity index (χ0) is 13.4. The molecule has 1 N–H and O–H groups in total. The fourth-order valence-electron chi connectivity index (χ4n) is 2.19. The van der Waals surface area contributed by atoms with E-state index >= 15 is 0 Å². The highest BCUT2D eigenvalue weighted by atomic mass is 16.4. The molecule has 0 atom stereocenters. The number of benzene rings is 1. The lowest BCUT2D eigenvalue weighted by molar-refractivity contribution is 0.0683. The van der Waals surface area contributed by atoms with Crippen LogP contribution in [0.2, 0.25) is 0 Å². The summed E-state index contributed by atoms with van der Waals surface area (Å²) in [6, 6.07) is 13.4. The first kappa shape index (κ1) is 11.5. The monoisotopic (exact) mass is 252 g/mol. The Hall–Kier alpha value is -2.62. The largest absolute Gasteiger partial charge is 0.475 e. The lowest BCUT2D eigenvalue weighted by Gasteiger charge is -2.00. The van der Waals surface area contributed by atoms with Gasteiger partial charge in [-0.2, -0.15) is 0 Å². The summed E-state index contributed by atoms with van der Waals surface area (Å²) in [4.78, 5) is 15.5. The molecule has 2 aromatic heterocycles. The van der Waals surface area contributed by atoms with Crippen molar-refractivity contribution in [2.24, 2.45) is 0 Å². The summed E-state index contributed by atoms with van der Waals surface area (Å²) in [5.41, 5.74) is 3.54. The summed E-state index contributed by atoms with van der Waals surface area (Å²) in [5.74, 6) is -0.993. The molecule has 0 aliphatic heterocycles. The minimum Gasteiger partial charge on any atom is -0.475 e. The molecule has 0 radical (unpaired) electrons. The third-order valence-corrected chi connectivity index (χ3v) is 3.03. The Kier molecular flexibility index (Phi) is 2.56. The molecule has 0 fully saturated rings. The van der Waals surface area contributed by atoms with Gasteiger partial charge in [-0.1, -0.05) is 29.8 Å². The van der Waals surface area contributed by atoms with E-state index in [2.05, 4.69) is 4.98 Å². The maximum Gasteiger partial charge on any atom is 0.372 e. The molecule has 0 saturated heterocycles. The average molecular weight is 252 g/mol. The van der Waals surface area contributed by atoms with Crippen LogP contribution in [0.3, 0.4) is 0 Å². The van der Waals surface area contributed by atoms with Crippen LogP contribution in [0.5, 0.6) is 0 Å². The van der Waals surface area contributed by atoms with Gasteiger partial charge in [0.2, 0.25) is 5.82 Å². The number of pyridine rings is 1. The number of carboxylic acids is 1. The van der Waals surface area contributed by atoms with Crippen molar-refractivity contribution in [3.05, 3.63) is 60.0 Å². The van der Waals surface area contributed by atoms with Crippen molar-refractivity contribution in [3.8, 4) is 11.3 Å². The first-order valence-electron chi connectivity index (χ1n) is 5.94. The van der Waals surface area contributed by atoms with Crippen LogP contribution >= 0.6 is 0 Å². The maximum absolute atomic E-state index is 11.2. The Morgan fingerprint density at radius 2 is 2.05 bits per heavy atom. The molecule has 94 valence electrons. The summed E-state index contributed by atoms with van der Waals surface area (Å²) < 4.78 is 1.60. The SMILES string of the molecule is Cc1cccc(-c2nc(C(=O)O)n3ccccc23)c1. The molecule has 3 aromatic rings. The number of hydrogen-bond acceptors (Lipinski definition) is 2. The number of imidazole rings is 1. The molecule has 0 unspecified atom stereocenters. The van der Waals surface area contributed by atoms with E-state index in [4.69, 9.17) is 0 Å². The normalized spacial score (nSPS) is 10.8. The molecule has 0 amide bonds. The van der Waals surface area contributed by atoms with Crippen LogP contribution in [0, 0.1) is 6.92 Å². The Bertz CT molecular complexity index is 775. The summed E-state index contributed by atoms with van der Waals surface area (Å²) in [5, 5.41) is 9.21. The summed E-state index contributed by atoms with van der Waals surface area (Å²) in [7, 11) is 0. The van der Waals surface area contributed by atoms with Crippen molar-refractivity contribution in [3.63, 3.8) is 0 Å². The van der Waals surface area contributed by atoms with E-state index in [-0.39, 0.29) is 5.82 Å². The Morgan fingerprint density at radius 1 is 1.21 bits per heavy atom. The quantitative estimate of drug-likeness (QED) is 0.762. The van der Waals surface area contributed by atoms with E-state index in [0.717, 1.165) is 16.6 Å². The Morgan fingerprint density at radius 3 is 2.79 bits per heavy atom. The lowest BCUT2D eigenvalue weighted by atomic mass is 10.1. The van der Waals surface area contributed by atoms with Gasteiger partial charge in [-0.25, -0.2) is 9.78 Å². The van der Waals surface area contributed by atoms with Crippen LogP contribution in [-0.4, -0.2) is 20.5 Å². The van der Waals surface area contributed by atoms with Crippen molar-refractivity contribution < 1.29 is 9.90 Å². The average Bonchev–Trinajstić information content (AvgIpc) is 2.78. The van der Waals surface area contributed by atoms with Gasteiger partial charge in [0.1, 0.15) is 0 Å². The molecule has 4 heteroatoms. The van der Waals surface area contributed by atoms with Crippen LogP contribution < -0.4 is 0 Å². The van der Waals surface area contributed by atoms with Gasteiger partial charge in [-0.3, -0.25) is 4.40 Å². The van der Waals surface area contributed by atoms with Crippen molar-refractivity contribution in [2.45, 2.75) is 6.92 Å². The molecule has 19 heavy (non-hydrogen) atoms. The lowest BCUT2D eigenvalue weighted by Crippen LogP contribution is -2.02. The zero-order valence-electron chi connectivity index (χ0n) is 10.4. The molecular formula is C15H12N2O2. The van der Waals surface area contributed by atoms with Crippen molar-refractivity contribution in [1.82, 2.24) is 9.38 Å². The minimum absolute atomic E-state index is 0.0344. The predicted molar refractivity (Wildman–Crippen MR) is 72.3 cm³/mol.